The third kappa shape index (κ3) is 5.89. The monoisotopic (exact) mass is 487 g/mol. The predicted molar refractivity (Wildman–Crippen MR) is 130 cm³/mol. The van der Waals surface area contributed by atoms with Crippen molar-refractivity contribution in [1.82, 2.24) is 9.55 Å². The molecular weight excluding hydrogens is 461 g/mol. The average Bonchev–Trinajstić information content (AvgIpc) is 2.72. The summed E-state index contributed by atoms with van der Waals surface area (Å²) in [4.78, 5) is 26.1. The van der Waals surface area contributed by atoms with Crippen molar-refractivity contribution in [3.63, 3.8) is 0 Å². The summed E-state index contributed by atoms with van der Waals surface area (Å²) in [7, 11) is -2.32. The van der Waals surface area contributed by atoms with Gasteiger partial charge >= 0.3 is 5.69 Å². The largest absolute Gasteiger partial charge is 0.496 e. The van der Waals surface area contributed by atoms with E-state index in [1.807, 2.05) is 26.8 Å². The first-order valence-corrected chi connectivity index (χ1v) is 12.0. The molecule has 0 saturated carbocycles. The van der Waals surface area contributed by atoms with Gasteiger partial charge in [-0.3, -0.25) is 14.3 Å². The Balaban J connectivity index is 2.13. The summed E-state index contributed by atoms with van der Waals surface area (Å²) in [5.74, 6) is -0.704. The minimum absolute atomic E-state index is 0.0216. The van der Waals surface area contributed by atoms with Crippen LogP contribution in [0, 0.1) is 5.82 Å². The van der Waals surface area contributed by atoms with Gasteiger partial charge in [-0.25, -0.2) is 22.7 Å². The number of methoxy groups -OCH3 is 1. The van der Waals surface area contributed by atoms with Gasteiger partial charge in [-0.15, -0.1) is 0 Å². The number of H-pyrrole nitrogens is 1. The van der Waals surface area contributed by atoms with Gasteiger partial charge in [-0.05, 0) is 29.2 Å². The lowest BCUT2D eigenvalue weighted by atomic mass is 9.84. The smallest absolute Gasteiger partial charge is 0.332 e. The Morgan fingerprint density at radius 2 is 1.82 bits per heavy atom. The van der Waals surface area contributed by atoms with Crippen molar-refractivity contribution in [3.05, 3.63) is 91.5 Å². The molecule has 3 rings (SSSR count). The van der Waals surface area contributed by atoms with Crippen LogP contribution in [-0.4, -0.2) is 25.1 Å². The zero-order valence-corrected chi connectivity index (χ0v) is 20.1. The minimum Gasteiger partial charge on any atom is -0.496 e. The van der Waals surface area contributed by atoms with Crippen molar-refractivity contribution >= 4 is 22.2 Å². The number of hydrogen-bond acceptors (Lipinski definition) is 5. The van der Waals surface area contributed by atoms with Gasteiger partial charge in [0, 0.05) is 29.0 Å². The number of aromatic amines is 1. The molecule has 34 heavy (non-hydrogen) atoms. The van der Waals surface area contributed by atoms with Gasteiger partial charge in [0.2, 0.25) is 10.0 Å². The number of nitrogens with two attached hydrogens (primary N) is 1. The van der Waals surface area contributed by atoms with Gasteiger partial charge < -0.3 is 4.74 Å². The lowest BCUT2D eigenvalue weighted by Gasteiger charge is -2.25. The molecule has 0 bridgehead atoms. The maximum atomic E-state index is 14.4. The van der Waals surface area contributed by atoms with Gasteiger partial charge in [-0.1, -0.05) is 45.1 Å². The molecule has 1 heterocycles. The Labute approximate surface area is 196 Å². The van der Waals surface area contributed by atoms with Crippen LogP contribution in [0.1, 0.15) is 43.0 Å². The number of rotatable bonds is 6. The molecular formula is C24H26FN3O5S. The second-order valence-corrected chi connectivity index (χ2v) is 10.5. The summed E-state index contributed by atoms with van der Waals surface area (Å²) < 4.78 is 43.9. The Bertz CT molecular complexity index is 1480. The molecule has 0 unspecified atom stereocenters. The third-order valence-electron chi connectivity index (χ3n) is 5.11. The number of sulfonamides is 1. The fraction of sp³-hybridized carbons (Fsp3) is 0.250. The van der Waals surface area contributed by atoms with E-state index in [9.17, 15) is 22.4 Å². The zero-order valence-electron chi connectivity index (χ0n) is 19.3. The number of aromatic nitrogens is 2. The van der Waals surface area contributed by atoms with E-state index in [1.54, 1.807) is 24.3 Å². The molecule has 0 aliphatic heterocycles. The Morgan fingerprint density at radius 3 is 2.38 bits per heavy atom. The number of hydrogen-bond donors (Lipinski definition) is 2. The highest BCUT2D eigenvalue weighted by Gasteiger charge is 2.22. The molecule has 0 aliphatic rings. The van der Waals surface area contributed by atoms with E-state index < -0.39 is 32.8 Å². The van der Waals surface area contributed by atoms with Crippen molar-refractivity contribution in [1.29, 1.82) is 0 Å². The van der Waals surface area contributed by atoms with Crippen LogP contribution in [0.15, 0.2) is 52.2 Å². The van der Waals surface area contributed by atoms with Crippen molar-refractivity contribution in [2.24, 2.45) is 5.14 Å². The van der Waals surface area contributed by atoms with Gasteiger partial charge in [-0.2, -0.15) is 0 Å². The van der Waals surface area contributed by atoms with Crippen molar-refractivity contribution < 1.29 is 17.5 Å². The fourth-order valence-electron chi connectivity index (χ4n) is 3.49. The van der Waals surface area contributed by atoms with E-state index in [-0.39, 0.29) is 11.0 Å². The highest BCUT2D eigenvalue weighted by atomic mass is 32.2. The Morgan fingerprint density at radius 1 is 1.12 bits per heavy atom. The fourth-order valence-corrected chi connectivity index (χ4v) is 4.16. The molecule has 0 aliphatic carbocycles. The maximum Gasteiger partial charge on any atom is 0.332 e. The number of primary sulfonamides is 1. The number of benzene rings is 2. The van der Waals surface area contributed by atoms with Gasteiger partial charge in [0.15, 0.2) is 0 Å². The van der Waals surface area contributed by atoms with Gasteiger partial charge in [0.05, 0.1) is 18.6 Å². The summed E-state index contributed by atoms with van der Waals surface area (Å²) in [6.45, 7) is 5.99. The number of halogens is 1. The van der Waals surface area contributed by atoms with Crippen molar-refractivity contribution in [3.8, 4) is 11.4 Å². The zero-order chi connectivity index (χ0) is 25.3. The molecule has 180 valence electrons. The molecule has 0 atom stereocenters. The van der Waals surface area contributed by atoms with Crippen LogP contribution in [0.25, 0.3) is 17.8 Å². The molecule has 0 fully saturated rings. The second-order valence-electron chi connectivity index (χ2n) is 8.84. The first-order chi connectivity index (χ1) is 15.8. The summed E-state index contributed by atoms with van der Waals surface area (Å²) in [5.41, 5.74) is 0.988. The van der Waals surface area contributed by atoms with E-state index >= 15 is 0 Å². The molecule has 0 spiro atoms. The highest BCUT2D eigenvalue weighted by molar-refractivity contribution is 7.88. The van der Waals surface area contributed by atoms with E-state index in [0.29, 0.717) is 22.6 Å². The van der Waals surface area contributed by atoms with E-state index in [2.05, 4.69) is 4.98 Å². The lowest BCUT2D eigenvalue weighted by Crippen LogP contribution is -2.28. The molecule has 3 N–H and O–H groups in total. The Hall–Kier alpha value is -3.50. The molecule has 0 amide bonds. The summed E-state index contributed by atoms with van der Waals surface area (Å²) in [6.07, 6.45) is 4.75. The molecule has 1 aromatic heterocycles. The van der Waals surface area contributed by atoms with E-state index in [1.165, 1.54) is 36.1 Å². The van der Waals surface area contributed by atoms with Crippen LogP contribution in [0.4, 0.5) is 4.39 Å². The molecule has 3 aromatic rings. The minimum atomic E-state index is -3.86. The predicted octanol–water partition coefficient (Wildman–Crippen LogP) is 2.93. The second kappa shape index (κ2) is 9.40. The summed E-state index contributed by atoms with van der Waals surface area (Å²) >= 11 is 0. The number of nitrogens with zero attached hydrogens (tertiary/aromatic N) is 1. The van der Waals surface area contributed by atoms with Crippen molar-refractivity contribution in [2.45, 2.75) is 31.9 Å². The summed E-state index contributed by atoms with van der Waals surface area (Å²) in [5, 5.41) is 5.01. The van der Waals surface area contributed by atoms with Gasteiger partial charge in [0.1, 0.15) is 11.6 Å². The topological polar surface area (TPSA) is 124 Å². The normalized spacial score (nSPS) is 12.3. The molecule has 8 nitrogen and oxygen atoms in total. The van der Waals surface area contributed by atoms with Crippen LogP contribution < -0.4 is 21.1 Å². The van der Waals surface area contributed by atoms with E-state index in [0.717, 1.165) is 5.56 Å². The van der Waals surface area contributed by atoms with E-state index in [4.69, 9.17) is 9.88 Å². The van der Waals surface area contributed by atoms with Gasteiger partial charge in [0.25, 0.3) is 5.56 Å². The SMILES string of the molecule is COc1c(/C=C/c2ccc(CS(N)(=O)=O)c(F)c2)cc(-n2ccc(=O)[nH]c2=O)cc1C(C)(C)C. The Kier molecular flexibility index (Phi) is 6.94. The highest BCUT2D eigenvalue weighted by Crippen LogP contribution is 2.37. The molecule has 10 heteroatoms. The summed E-state index contributed by atoms with van der Waals surface area (Å²) in [6, 6.07) is 8.95. The third-order valence-corrected chi connectivity index (χ3v) is 5.82. The number of nitrogens with one attached hydrogen (secondary N) is 1. The standard InChI is InChI=1S/C24H26FN3O5S/c1-24(2,3)19-13-18(28-10-9-21(29)27-23(28)30)12-16(22(19)33-4)7-5-15-6-8-17(20(25)11-15)14-34(26,31)32/h5-13H,14H2,1-4H3,(H2,26,31,32)(H,27,29,30)/b7-5+. The van der Waals surface area contributed by atoms with Crippen LogP contribution in [-0.2, 0) is 21.2 Å². The van der Waals surface area contributed by atoms with Crippen LogP contribution >= 0.6 is 0 Å². The first-order valence-electron chi connectivity index (χ1n) is 10.3. The molecule has 0 radical (unpaired) electrons. The molecule has 0 saturated heterocycles. The van der Waals surface area contributed by atoms with Crippen LogP contribution in [0.2, 0.25) is 0 Å². The number of ether oxygens (including phenoxy) is 1. The van der Waals surface area contributed by atoms with Crippen LogP contribution in [0.3, 0.4) is 0 Å². The quantitative estimate of drug-likeness (QED) is 0.518. The maximum absolute atomic E-state index is 14.4. The van der Waals surface area contributed by atoms with Crippen molar-refractivity contribution in [2.75, 3.05) is 7.11 Å². The van der Waals surface area contributed by atoms with Crippen LogP contribution in [0.5, 0.6) is 5.75 Å². The lowest BCUT2D eigenvalue weighted by molar-refractivity contribution is 0.396. The average molecular weight is 488 g/mol. The molecule has 2 aromatic carbocycles. The first kappa shape index (κ1) is 25.1.